The number of carbonyl (C=O) groups is 1. The molecule has 22 heavy (non-hydrogen) atoms. The number of benzene rings is 1. The molecule has 1 aromatic carbocycles. The lowest BCUT2D eigenvalue weighted by atomic mass is 9.83. The third kappa shape index (κ3) is 2.50. The van der Waals surface area contributed by atoms with Gasteiger partial charge >= 0.3 is 0 Å². The third-order valence-corrected chi connectivity index (χ3v) is 5.31. The molecule has 0 aliphatic heterocycles. The van der Waals surface area contributed by atoms with Gasteiger partial charge in [0.25, 0.3) is 5.69 Å². The third-order valence-electron chi connectivity index (χ3n) is 4.23. The number of carbonyl (C=O) groups excluding carboxylic acids is 1. The first-order valence-corrected chi connectivity index (χ1v) is 8.10. The van der Waals surface area contributed by atoms with Crippen LogP contribution in [0.4, 0.5) is 11.4 Å². The van der Waals surface area contributed by atoms with Crippen molar-refractivity contribution in [3.8, 4) is 0 Å². The van der Waals surface area contributed by atoms with Crippen LogP contribution in [0.1, 0.15) is 30.6 Å². The lowest BCUT2D eigenvalue weighted by molar-refractivity contribution is -0.383. The monoisotopic (exact) mass is 316 g/mol. The van der Waals surface area contributed by atoms with E-state index in [0.717, 1.165) is 30.6 Å². The van der Waals surface area contributed by atoms with Gasteiger partial charge in [-0.3, -0.25) is 14.9 Å². The molecule has 0 radical (unpaired) electrons. The molecule has 5 nitrogen and oxygen atoms in total. The Kier molecular flexibility index (Phi) is 3.94. The van der Waals surface area contributed by atoms with E-state index in [9.17, 15) is 14.9 Å². The number of amides is 1. The first-order chi connectivity index (χ1) is 10.6. The Morgan fingerprint density at radius 2 is 1.91 bits per heavy atom. The standard InChI is InChI=1S/C16H16N2O3S/c19-15(17-12-6-1-2-7-13(12)18(20)21)16(9-3-4-10-16)14-8-5-11-22-14/h1-2,5-8,11H,3-4,9-10H2,(H,17,19). The summed E-state index contributed by atoms with van der Waals surface area (Å²) < 4.78 is 0. The summed E-state index contributed by atoms with van der Waals surface area (Å²) in [6.45, 7) is 0. The fourth-order valence-corrected chi connectivity index (χ4v) is 4.08. The normalized spacial score (nSPS) is 16.4. The van der Waals surface area contributed by atoms with Gasteiger partial charge < -0.3 is 5.32 Å². The lowest BCUT2D eigenvalue weighted by Gasteiger charge is -2.26. The van der Waals surface area contributed by atoms with E-state index >= 15 is 0 Å². The van der Waals surface area contributed by atoms with Gasteiger partial charge in [-0.1, -0.05) is 31.0 Å². The van der Waals surface area contributed by atoms with Crippen LogP contribution < -0.4 is 5.32 Å². The van der Waals surface area contributed by atoms with Gasteiger partial charge in [0.2, 0.25) is 5.91 Å². The maximum absolute atomic E-state index is 12.9. The summed E-state index contributed by atoms with van der Waals surface area (Å²) in [5.74, 6) is -0.137. The minimum Gasteiger partial charge on any atom is -0.320 e. The number of anilines is 1. The molecule has 1 fully saturated rings. The number of thiophene rings is 1. The predicted octanol–water partition coefficient (Wildman–Crippen LogP) is 4.11. The van der Waals surface area contributed by atoms with Crippen molar-refractivity contribution in [2.75, 3.05) is 5.32 Å². The van der Waals surface area contributed by atoms with Crippen LogP contribution >= 0.6 is 11.3 Å². The van der Waals surface area contributed by atoms with Gasteiger partial charge in [0.1, 0.15) is 5.69 Å². The number of nitro benzene ring substituents is 1. The van der Waals surface area contributed by atoms with Gasteiger partial charge in [0, 0.05) is 10.9 Å². The lowest BCUT2D eigenvalue weighted by Crippen LogP contribution is -2.37. The smallest absolute Gasteiger partial charge is 0.292 e. The Bertz CT molecular complexity index is 691. The summed E-state index contributed by atoms with van der Waals surface area (Å²) in [5, 5.41) is 15.8. The zero-order chi connectivity index (χ0) is 15.6. The number of hydrogen-bond donors (Lipinski definition) is 1. The van der Waals surface area contributed by atoms with Crippen molar-refractivity contribution < 1.29 is 9.72 Å². The Morgan fingerprint density at radius 3 is 2.55 bits per heavy atom. The van der Waals surface area contributed by atoms with Crippen LogP contribution in [0.2, 0.25) is 0 Å². The van der Waals surface area contributed by atoms with Crippen molar-refractivity contribution >= 4 is 28.6 Å². The zero-order valence-corrected chi connectivity index (χ0v) is 12.8. The van der Waals surface area contributed by atoms with E-state index in [1.165, 1.54) is 6.07 Å². The maximum atomic E-state index is 12.9. The van der Waals surface area contributed by atoms with Crippen molar-refractivity contribution in [3.63, 3.8) is 0 Å². The number of nitro groups is 1. The fourth-order valence-electron chi connectivity index (χ4n) is 3.10. The van der Waals surface area contributed by atoms with Crippen molar-refractivity contribution in [2.45, 2.75) is 31.1 Å². The van der Waals surface area contributed by atoms with Crippen molar-refractivity contribution in [2.24, 2.45) is 0 Å². The first-order valence-electron chi connectivity index (χ1n) is 7.22. The molecule has 1 N–H and O–H groups in total. The molecule has 1 aliphatic carbocycles. The minimum absolute atomic E-state index is 0.0739. The maximum Gasteiger partial charge on any atom is 0.292 e. The molecule has 114 valence electrons. The average molecular weight is 316 g/mol. The van der Waals surface area contributed by atoms with Gasteiger partial charge in [0.05, 0.1) is 10.3 Å². The van der Waals surface area contributed by atoms with Gasteiger partial charge in [-0.05, 0) is 30.4 Å². The van der Waals surface area contributed by atoms with E-state index in [2.05, 4.69) is 5.32 Å². The van der Waals surface area contributed by atoms with Gasteiger partial charge in [-0.2, -0.15) is 0 Å². The van der Waals surface area contributed by atoms with E-state index in [-0.39, 0.29) is 17.3 Å². The second kappa shape index (κ2) is 5.88. The van der Waals surface area contributed by atoms with Crippen LogP contribution in [0.15, 0.2) is 41.8 Å². The highest BCUT2D eigenvalue weighted by Gasteiger charge is 2.43. The fraction of sp³-hybridized carbons (Fsp3) is 0.312. The van der Waals surface area contributed by atoms with Gasteiger partial charge in [-0.15, -0.1) is 11.3 Å². The van der Waals surface area contributed by atoms with Crippen LogP contribution in [0.25, 0.3) is 0 Å². The molecule has 6 heteroatoms. The molecular weight excluding hydrogens is 300 g/mol. The molecule has 0 atom stereocenters. The number of para-hydroxylation sites is 2. The first kappa shape index (κ1) is 14.7. The second-order valence-electron chi connectivity index (χ2n) is 5.49. The zero-order valence-electron chi connectivity index (χ0n) is 12.0. The van der Waals surface area contributed by atoms with Gasteiger partial charge in [0.15, 0.2) is 0 Å². The van der Waals surface area contributed by atoms with E-state index < -0.39 is 10.3 Å². The molecule has 3 rings (SSSR count). The molecule has 1 heterocycles. The number of nitrogens with zero attached hydrogens (tertiary/aromatic N) is 1. The summed E-state index contributed by atoms with van der Waals surface area (Å²) in [5.41, 5.74) is -0.353. The van der Waals surface area contributed by atoms with Crippen molar-refractivity contribution in [1.29, 1.82) is 0 Å². The van der Waals surface area contributed by atoms with Crippen LogP contribution in [0.3, 0.4) is 0 Å². The number of rotatable bonds is 4. The van der Waals surface area contributed by atoms with E-state index in [1.807, 2.05) is 17.5 Å². The summed E-state index contributed by atoms with van der Waals surface area (Å²) in [7, 11) is 0. The predicted molar refractivity (Wildman–Crippen MR) is 86.2 cm³/mol. The minimum atomic E-state index is -0.544. The molecule has 0 saturated heterocycles. The van der Waals surface area contributed by atoms with Gasteiger partial charge in [-0.25, -0.2) is 0 Å². The summed E-state index contributed by atoms with van der Waals surface area (Å²) in [6, 6.07) is 10.2. The molecular formula is C16H16N2O3S. The molecule has 1 aliphatic rings. The van der Waals surface area contributed by atoms with Crippen molar-refractivity contribution in [3.05, 3.63) is 56.8 Å². The van der Waals surface area contributed by atoms with Crippen molar-refractivity contribution in [1.82, 2.24) is 0 Å². The van der Waals surface area contributed by atoms with Crippen LogP contribution in [0.5, 0.6) is 0 Å². The largest absolute Gasteiger partial charge is 0.320 e. The van der Waals surface area contributed by atoms with Crippen LogP contribution in [0, 0.1) is 10.1 Å². The summed E-state index contributed by atoms with van der Waals surface area (Å²) >= 11 is 1.57. The van der Waals surface area contributed by atoms with E-state index in [1.54, 1.807) is 29.5 Å². The number of nitrogens with one attached hydrogen (secondary N) is 1. The molecule has 0 spiro atoms. The number of hydrogen-bond acceptors (Lipinski definition) is 4. The molecule has 0 unspecified atom stereocenters. The Balaban J connectivity index is 1.92. The second-order valence-corrected chi connectivity index (χ2v) is 6.44. The summed E-state index contributed by atoms with van der Waals surface area (Å²) in [6.07, 6.45) is 3.59. The Hall–Kier alpha value is -2.21. The van der Waals surface area contributed by atoms with E-state index in [4.69, 9.17) is 0 Å². The van der Waals surface area contributed by atoms with E-state index in [0.29, 0.717) is 0 Å². The SMILES string of the molecule is O=C(Nc1ccccc1[N+](=O)[O-])C1(c2cccs2)CCCC1. The molecule has 1 amide bonds. The molecule has 2 aromatic rings. The highest BCUT2D eigenvalue weighted by Crippen LogP contribution is 2.44. The average Bonchev–Trinajstić information content (AvgIpc) is 3.19. The summed E-state index contributed by atoms with van der Waals surface area (Å²) in [4.78, 5) is 24.5. The molecule has 0 bridgehead atoms. The highest BCUT2D eigenvalue weighted by molar-refractivity contribution is 7.10. The topological polar surface area (TPSA) is 72.2 Å². The Labute approximate surface area is 132 Å². The quantitative estimate of drug-likeness (QED) is 0.681. The van der Waals surface area contributed by atoms with Crippen LogP contribution in [-0.4, -0.2) is 10.8 Å². The Morgan fingerprint density at radius 1 is 1.18 bits per heavy atom. The molecule has 1 aromatic heterocycles. The molecule has 1 saturated carbocycles. The van der Waals surface area contributed by atoms with Crippen LogP contribution in [-0.2, 0) is 10.2 Å². The highest BCUT2D eigenvalue weighted by atomic mass is 32.1.